The SMILES string of the molecule is COc1ccc(C(CN2C(=O)CSC2c2ccccc2)C2(O)CCCCC2)cc1. The van der Waals surface area contributed by atoms with Crippen LogP contribution < -0.4 is 4.74 Å². The number of aliphatic hydroxyl groups is 1. The molecule has 2 fully saturated rings. The maximum atomic E-state index is 12.8. The van der Waals surface area contributed by atoms with Crippen molar-refractivity contribution in [1.82, 2.24) is 4.90 Å². The van der Waals surface area contributed by atoms with Crippen molar-refractivity contribution in [2.45, 2.75) is 49.0 Å². The van der Waals surface area contributed by atoms with E-state index in [9.17, 15) is 9.90 Å². The summed E-state index contributed by atoms with van der Waals surface area (Å²) in [6.07, 6.45) is 4.81. The van der Waals surface area contributed by atoms with Crippen molar-refractivity contribution in [2.24, 2.45) is 0 Å². The fourth-order valence-electron chi connectivity index (χ4n) is 4.68. The molecule has 29 heavy (non-hydrogen) atoms. The minimum absolute atomic E-state index is 0.0108. The van der Waals surface area contributed by atoms with E-state index in [0.29, 0.717) is 12.3 Å². The van der Waals surface area contributed by atoms with Crippen LogP contribution >= 0.6 is 11.8 Å². The molecule has 1 amide bonds. The third kappa shape index (κ3) is 4.31. The highest BCUT2D eigenvalue weighted by atomic mass is 32.2. The number of benzene rings is 2. The first kappa shape index (κ1) is 20.3. The summed E-state index contributed by atoms with van der Waals surface area (Å²) in [6, 6.07) is 18.2. The summed E-state index contributed by atoms with van der Waals surface area (Å²) < 4.78 is 5.31. The Morgan fingerprint density at radius 1 is 1.10 bits per heavy atom. The van der Waals surface area contributed by atoms with Crippen LogP contribution in [0.1, 0.15) is 54.5 Å². The molecule has 0 aromatic heterocycles. The van der Waals surface area contributed by atoms with Crippen LogP contribution in [0.2, 0.25) is 0 Å². The molecule has 1 N–H and O–H groups in total. The minimum Gasteiger partial charge on any atom is -0.497 e. The van der Waals surface area contributed by atoms with E-state index in [4.69, 9.17) is 4.74 Å². The number of nitrogens with zero attached hydrogens (tertiary/aromatic N) is 1. The molecule has 2 aliphatic rings. The predicted molar refractivity (Wildman–Crippen MR) is 117 cm³/mol. The summed E-state index contributed by atoms with van der Waals surface area (Å²) in [4.78, 5) is 14.8. The molecule has 0 bridgehead atoms. The molecule has 154 valence electrons. The standard InChI is InChI=1S/C24H29NO3S/c1-28-20-12-10-18(11-13-20)21(24(27)14-6-3-7-15-24)16-25-22(26)17-29-23(25)19-8-4-2-5-9-19/h2,4-5,8-13,21,23,27H,3,6-7,14-17H2,1H3. The first-order chi connectivity index (χ1) is 14.1. The Kier molecular flexibility index (Phi) is 6.16. The van der Waals surface area contributed by atoms with Gasteiger partial charge in [-0.3, -0.25) is 4.79 Å². The molecule has 2 atom stereocenters. The summed E-state index contributed by atoms with van der Waals surface area (Å²) in [5.74, 6) is 1.34. The lowest BCUT2D eigenvalue weighted by Crippen LogP contribution is -2.45. The molecule has 4 rings (SSSR count). The largest absolute Gasteiger partial charge is 0.497 e. The number of carbonyl (C=O) groups excluding carboxylic acids is 1. The number of hydrogen-bond donors (Lipinski definition) is 1. The van der Waals surface area contributed by atoms with E-state index in [0.717, 1.165) is 42.6 Å². The van der Waals surface area contributed by atoms with Crippen molar-refractivity contribution < 1.29 is 14.6 Å². The first-order valence-corrected chi connectivity index (χ1v) is 11.5. The molecule has 1 aliphatic carbocycles. The van der Waals surface area contributed by atoms with E-state index in [1.807, 2.05) is 47.4 Å². The monoisotopic (exact) mass is 411 g/mol. The molecule has 0 radical (unpaired) electrons. The van der Waals surface area contributed by atoms with Gasteiger partial charge in [-0.2, -0.15) is 0 Å². The molecular weight excluding hydrogens is 382 g/mol. The van der Waals surface area contributed by atoms with Gasteiger partial charge in [-0.25, -0.2) is 0 Å². The molecule has 1 aliphatic heterocycles. The van der Waals surface area contributed by atoms with Gasteiger partial charge in [0, 0.05) is 12.5 Å². The van der Waals surface area contributed by atoms with Crippen molar-refractivity contribution in [2.75, 3.05) is 19.4 Å². The quantitative estimate of drug-likeness (QED) is 0.745. The van der Waals surface area contributed by atoms with E-state index >= 15 is 0 Å². The number of ether oxygens (including phenoxy) is 1. The van der Waals surface area contributed by atoms with E-state index in [1.54, 1.807) is 18.9 Å². The zero-order valence-electron chi connectivity index (χ0n) is 16.9. The molecule has 0 spiro atoms. The summed E-state index contributed by atoms with van der Waals surface area (Å²) >= 11 is 1.68. The zero-order valence-corrected chi connectivity index (χ0v) is 17.7. The number of methoxy groups -OCH3 is 1. The minimum atomic E-state index is -0.776. The highest BCUT2D eigenvalue weighted by molar-refractivity contribution is 8.00. The van der Waals surface area contributed by atoms with Crippen molar-refractivity contribution in [3.05, 3.63) is 65.7 Å². The van der Waals surface area contributed by atoms with Gasteiger partial charge < -0.3 is 14.7 Å². The Labute approximate surface area is 177 Å². The average Bonchev–Trinajstić information content (AvgIpc) is 3.13. The molecule has 2 aromatic carbocycles. The van der Waals surface area contributed by atoms with Crippen molar-refractivity contribution in [1.29, 1.82) is 0 Å². The smallest absolute Gasteiger partial charge is 0.233 e. The van der Waals surface area contributed by atoms with Gasteiger partial charge in [-0.15, -0.1) is 11.8 Å². The van der Waals surface area contributed by atoms with E-state index in [1.165, 1.54) is 6.42 Å². The summed E-state index contributed by atoms with van der Waals surface area (Å²) in [6.45, 7) is 0.536. The molecule has 1 saturated carbocycles. The Balaban J connectivity index is 1.65. The van der Waals surface area contributed by atoms with Gasteiger partial charge in [0.15, 0.2) is 0 Å². The summed E-state index contributed by atoms with van der Waals surface area (Å²) in [7, 11) is 1.66. The molecule has 4 nitrogen and oxygen atoms in total. The Morgan fingerprint density at radius 3 is 2.45 bits per heavy atom. The van der Waals surface area contributed by atoms with E-state index in [-0.39, 0.29) is 17.2 Å². The molecule has 2 unspecified atom stereocenters. The van der Waals surface area contributed by atoms with Gasteiger partial charge >= 0.3 is 0 Å². The fourth-order valence-corrected chi connectivity index (χ4v) is 5.88. The number of hydrogen-bond acceptors (Lipinski definition) is 4. The van der Waals surface area contributed by atoms with E-state index < -0.39 is 5.60 Å². The van der Waals surface area contributed by atoms with Crippen LogP contribution in [0.5, 0.6) is 5.75 Å². The van der Waals surface area contributed by atoms with Gasteiger partial charge in [0.2, 0.25) is 5.91 Å². The van der Waals surface area contributed by atoms with Crippen LogP contribution in [0.3, 0.4) is 0 Å². The molecule has 1 saturated heterocycles. The topological polar surface area (TPSA) is 49.8 Å². The second kappa shape index (κ2) is 8.80. The first-order valence-electron chi connectivity index (χ1n) is 10.4. The predicted octanol–water partition coefficient (Wildman–Crippen LogP) is 4.75. The lowest BCUT2D eigenvalue weighted by Gasteiger charge is -2.42. The second-order valence-corrected chi connectivity index (χ2v) is 9.18. The third-order valence-corrected chi connectivity index (χ3v) is 7.57. The number of amides is 1. The van der Waals surface area contributed by atoms with Gasteiger partial charge in [-0.05, 0) is 36.1 Å². The molecular formula is C24H29NO3S. The lowest BCUT2D eigenvalue weighted by molar-refractivity contribution is -0.129. The highest BCUT2D eigenvalue weighted by Crippen LogP contribution is 2.45. The fraction of sp³-hybridized carbons (Fsp3) is 0.458. The summed E-state index contributed by atoms with van der Waals surface area (Å²) in [5.41, 5.74) is 1.45. The van der Waals surface area contributed by atoms with Crippen molar-refractivity contribution in [3.63, 3.8) is 0 Å². The lowest BCUT2D eigenvalue weighted by atomic mass is 9.72. The van der Waals surface area contributed by atoms with Crippen LogP contribution in [0.4, 0.5) is 0 Å². The Morgan fingerprint density at radius 2 is 1.79 bits per heavy atom. The van der Waals surface area contributed by atoms with Crippen LogP contribution in [-0.2, 0) is 4.79 Å². The average molecular weight is 412 g/mol. The zero-order chi connectivity index (χ0) is 20.3. The Bertz CT molecular complexity index is 818. The van der Waals surface area contributed by atoms with Crippen LogP contribution in [0.25, 0.3) is 0 Å². The Hall–Kier alpha value is -1.98. The number of thioether (sulfide) groups is 1. The van der Waals surface area contributed by atoms with Crippen molar-refractivity contribution >= 4 is 17.7 Å². The van der Waals surface area contributed by atoms with E-state index in [2.05, 4.69) is 12.1 Å². The van der Waals surface area contributed by atoms with Gasteiger partial charge in [-0.1, -0.05) is 61.7 Å². The third-order valence-electron chi connectivity index (χ3n) is 6.32. The maximum absolute atomic E-state index is 12.8. The second-order valence-electron chi connectivity index (χ2n) is 8.11. The van der Waals surface area contributed by atoms with Gasteiger partial charge in [0.25, 0.3) is 0 Å². The van der Waals surface area contributed by atoms with Crippen LogP contribution in [-0.4, -0.2) is 40.9 Å². The van der Waals surface area contributed by atoms with Gasteiger partial charge in [0.05, 0.1) is 18.5 Å². The molecule has 5 heteroatoms. The maximum Gasteiger partial charge on any atom is 0.233 e. The number of carbonyl (C=O) groups is 1. The number of rotatable bonds is 6. The highest BCUT2D eigenvalue weighted by Gasteiger charge is 2.43. The molecule has 2 aromatic rings. The van der Waals surface area contributed by atoms with Gasteiger partial charge in [0.1, 0.15) is 11.1 Å². The summed E-state index contributed by atoms with van der Waals surface area (Å²) in [5, 5.41) is 11.6. The normalized spacial score (nSPS) is 22.5. The molecule has 1 heterocycles. The van der Waals surface area contributed by atoms with Crippen molar-refractivity contribution in [3.8, 4) is 5.75 Å². The van der Waals surface area contributed by atoms with Crippen LogP contribution in [0, 0.1) is 0 Å². The van der Waals surface area contributed by atoms with Crippen LogP contribution in [0.15, 0.2) is 54.6 Å².